The maximum Gasteiger partial charge on any atom is 0.254 e. The van der Waals surface area contributed by atoms with Crippen LogP contribution in [0.4, 0.5) is 0 Å². The molecule has 1 aliphatic heterocycles. The molecule has 1 heterocycles. The summed E-state index contributed by atoms with van der Waals surface area (Å²) in [6.45, 7) is 2.15. The molecular formula is C13H18N2O2. The van der Waals surface area contributed by atoms with Crippen molar-refractivity contribution >= 4 is 5.91 Å². The summed E-state index contributed by atoms with van der Waals surface area (Å²) in [6, 6.07) is 5.64. The Kier molecular flexibility index (Phi) is 3.64. The van der Waals surface area contributed by atoms with Gasteiger partial charge in [0.25, 0.3) is 5.91 Å². The second-order valence-corrected chi connectivity index (χ2v) is 4.21. The van der Waals surface area contributed by atoms with Crippen LogP contribution in [0, 0.1) is 0 Å². The predicted molar refractivity (Wildman–Crippen MR) is 66.3 cm³/mol. The van der Waals surface area contributed by atoms with E-state index < -0.39 is 0 Å². The third-order valence-corrected chi connectivity index (χ3v) is 3.11. The Bertz CT molecular complexity index is 418. The number of methoxy groups -OCH3 is 1. The van der Waals surface area contributed by atoms with Gasteiger partial charge in [0.2, 0.25) is 0 Å². The standard InChI is InChI=1S/C13H18N2O2/c1-17-11-3-4-12-10(9-11)5-8-15(13(12)16)7-2-6-14/h3-4,9H,2,5-8,14H2,1H3. The van der Waals surface area contributed by atoms with E-state index in [1.807, 2.05) is 23.1 Å². The minimum absolute atomic E-state index is 0.113. The molecule has 0 bridgehead atoms. The lowest BCUT2D eigenvalue weighted by atomic mass is 9.98. The highest BCUT2D eigenvalue weighted by atomic mass is 16.5. The zero-order chi connectivity index (χ0) is 12.3. The lowest BCUT2D eigenvalue weighted by molar-refractivity contribution is 0.0739. The van der Waals surface area contributed by atoms with E-state index in [9.17, 15) is 4.79 Å². The highest BCUT2D eigenvalue weighted by Crippen LogP contribution is 2.23. The Morgan fingerprint density at radius 1 is 1.47 bits per heavy atom. The Balaban J connectivity index is 2.18. The number of fused-ring (bicyclic) bond motifs is 1. The van der Waals surface area contributed by atoms with E-state index >= 15 is 0 Å². The first-order chi connectivity index (χ1) is 8.26. The number of carbonyl (C=O) groups excluding carboxylic acids is 1. The molecule has 1 amide bonds. The third kappa shape index (κ3) is 2.42. The van der Waals surface area contributed by atoms with Crippen molar-refractivity contribution in [2.75, 3.05) is 26.7 Å². The largest absolute Gasteiger partial charge is 0.497 e. The topological polar surface area (TPSA) is 55.6 Å². The zero-order valence-electron chi connectivity index (χ0n) is 10.1. The maximum absolute atomic E-state index is 12.2. The quantitative estimate of drug-likeness (QED) is 0.847. The van der Waals surface area contributed by atoms with Crippen LogP contribution in [0.2, 0.25) is 0 Å². The lowest BCUT2D eigenvalue weighted by Crippen LogP contribution is -2.38. The van der Waals surface area contributed by atoms with Gasteiger partial charge in [0.05, 0.1) is 7.11 Å². The van der Waals surface area contributed by atoms with Crippen molar-refractivity contribution in [1.29, 1.82) is 0 Å². The SMILES string of the molecule is COc1ccc2c(c1)CCN(CCCN)C2=O. The van der Waals surface area contributed by atoms with Gasteiger partial charge in [-0.25, -0.2) is 0 Å². The summed E-state index contributed by atoms with van der Waals surface area (Å²) in [5, 5.41) is 0. The van der Waals surface area contributed by atoms with Crippen LogP contribution in [0.1, 0.15) is 22.3 Å². The van der Waals surface area contributed by atoms with Gasteiger partial charge in [-0.1, -0.05) is 0 Å². The van der Waals surface area contributed by atoms with Crippen LogP contribution in [0.5, 0.6) is 5.75 Å². The van der Waals surface area contributed by atoms with Gasteiger partial charge < -0.3 is 15.4 Å². The van der Waals surface area contributed by atoms with E-state index in [-0.39, 0.29) is 5.91 Å². The molecule has 2 N–H and O–H groups in total. The minimum Gasteiger partial charge on any atom is -0.497 e. The molecule has 0 fully saturated rings. The fourth-order valence-corrected chi connectivity index (χ4v) is 2.14. The maximum atomic E-state index is 12.2. The van der Waals surface area contributed by atoms with E-state index in [1.54, 1.807) is 7.11 Å². The molecule has 0 atom stereocenters. The minimum atomic E-state index is 0.113. The van der Waals surface area contributed by atoms with Gasteiger partial charge in [-0.3, -0.25) is 4.79 Å². The van der Waals surface area contributed by atoms with Crippen LogP contribution in [0.15, 0.2) is 18.2 Å². The highest BCUT2D eigenvalue weighted by molar-refractivity contribution is 5.96. The molecule has 1 aromatic carbocycles. The van der Waals surface area contributed by atoms with Crippen molar-refractivity contribution < 1.29 is 9.53 Å². The molecular weight excluding hydrogens is 216 g/mol. The summed E-state index contributed by atoms with van der Waals surface area (Å²) in [6.07, 6.45) is 1.75. The van der Waals surface area contributed by atoms with Crippen LogP contribution in [0.25, 0.3) is 0 Å². The summed E-state index contributed by atoms with van der Waals surface area (Å²) in [7, 11) is 1.64. The molecule has 1 aliphatic rings. The van der Waals surface area contributed by atoms with E-state index in [0.717, 1.165) is 42.8 Å². The highest BCUT2D eigenvalue weighted by Gasteiger charge is 2.23. The van der Waals surface area contributed by atoms with Crippen LogP contribution in [0.3, 0.4) is 0 Å². The smallest absolute Gasteiger partial charge is 0.254 e. The number of nitrogens with two attached hydrogens (primary N) is 1. The Hall–Kier alpha value is -1.55. The number of ether oxygens (including phenoxy) is 1. The lowest BCUT2D eigenvalue weighted by Gasteiger charge is -2.28. The van der Waals surface area contributed by atoms with Gasteiger partial charge in [0.1, 0.15) is 5.75 Å². The monoisotopic (exact) mass is 234 g/mol. The number of rotatable bonds is 4. The van der Waals surface area contributed by atoms with Gasteiger partial charge in [-0.05, 0) is 43.1 Å². The van der Waals surface area contributed by atoms with Crippen molar-refractivity contribution in [2.45, 2.75) is 12.8 Å². The molecule has 4 heteroatoms. The Labute approximate surface area is 101 Å². The second kappa shape index (κ2) is 5.19. The van der Waals surface area contributed by atoms with Crippen molar-refractivity contribution in [3.05, 3.63) is 29.3 Å². The van der Waals surface area contributed by atoms with Crippen LogP contribution >= 0.6 is 0 Å². The van der Waals surface area contributed by atoms with Crippen LogP contribution < -0.4 is 10.5 Å². The van der Waals surface area contributed by atoms with E-state index in [1.165, 1.54) is 0 Å². The summed E-state index contributed by atoms with van der Waals surface area (Å²) in [5.41, 5.74) is 7.35. The molecule has 4 nitrogen and oxygen atoms in total. The average molecular weight is 234 g/mol. The normalized spacial score (nSPS) is 14.7. The van der Waals surface area contributed by atoms with E-state index in [2.05, 4.69) is 0 Å². The van der Waals surface area contributed by atoms with Crippen molar-refractivity contribution in [1.82, 2.24) is 4.90 Å². The average Bonchev–Trinajstić information content (AvgIpc) is 2.37. The number of amides is 1. The summed E-state index contributed by atoms with van der Waals surface area (Å²) in [5.74, 6) is 0.925. The van der Waals surface area contributed by atoms with Crippen LogP contribution in [-0.4, -0.2) is 37.6 Å². The number of hydrogen-bond donors (Lipinski definition) is 1. The fourth-order valence-electron chi connectivity index (χ4n) is 2.14. The second-order valence-electron chi connectivity index (χ2n) is 4.21. The van der Waals surface area contributed by atoms with Gasteiger partial charge in [-0.2, -0.15) is 0 Å². The van der Waals surface area contributed by atoms with E-state index in [4.69, 9.17) is 10.5 Å². The molecule has 0 spiro atoms. The number of benzene rings is 1. The van der Waals surface area contributed by atoms with E-state index in [0.29, 0.717) is 6.54 Å². The number of nitrogens with zero attached hydrogens (tertiary/aromatic N) is 1. The zero-order valence-corrected chi connectivity index (χ0v) is 10.1. The summed E-state index contributed by atoms with van der Waals surface area (Å²) >= 11 is 0. The Morgan fingerprint density at radius 2 is 2.29 bits per heavy atom. The molecule has 92 valence electrons. The van der Waals surface area contributed by atoms with Crippen molar-refractivity contribution in [3.63, 3.8) is 0 Å². The fraction of sp³-hybridized carbons (Fsp3) is 0.462. The molecule has 17 heavy (non-hydrogen) atoms. The van der Waals surface area contributed by atoms with Gasteiger partial charge in [0, 0.05) is 18.7 Å². The molecule has 0 radical (unpaired) electrons. The first-order valence-corrected chi connectivity index (χ1v) is 5.92. The molecule has 2 rings (SSSR count). The van der Waals surface area contributed by atoms with Gasteiger partial charge >= 0.3 is 0 Å². The molecule has 1 aromatic rings. The molecule has 0 saturated carbocycles. The third-order valence-electron chi connectivity index (χ3n) is 3.11. The van der Waals surface area contributed by atoms with Crippen LogP contribution in [-0.2, 0) is 6.42 Å². The Morgan fingerprint density at radius 3 is 3.00 bits per heavy atom. The van der Waals surface area contributed by atoms with Crippen molar-refractivity contribution in [3.8, 4) is 5.75 Å². The summed E-state index contributed by atoms with van der Waals surface area (Å²) in [4.78, 5) is 14.0. The molecule has 0 aliphatic carbocycles. The summed E-state index contributed by atoms with van der Waals surface area (Å²) < 4.78 is 5.17. The first kappa shape index (κ1) is 11.9. The molecule has 0 unspecified atom stereocenters. The molecule has 0 saturated heterocycles. The van der Waals surface area contributed by atoms with Crippen molar-refractivity contribution in [2.24, 2.45) is 5.73 Å². The van der Waals surface area contributed by atoms with Gasteiger partial charge in [0.15, 0.2) is 0 Å². The van der Waals surface area contributed by atoms with Gasteiger partial charge in [-0.15, -0.1) is 0 Å². The predicted octanol–water partition coefficient (Wildman–Crippen LogP) is 1.04. The first-order valence-electron chi connectivity index (χ1n) is 5.92. The molecule has 0 aromatic heterocycles. The number of hydrogen-bond acceptors (Lipinski definition) is 3. The number of carbonyl (C=O) groups is 1.